The molecule has 4 aromatic rings. The molecule has 0 saturated carbocycles. The number of aryl methyl sites for hydroxylation is 4. The summed E-state index contributed by atoms with van der Waals surface area (Å²) in [6.45, 7) is 8.66. The Hall–Kier alpha value is -3.53. The molecule has 4 rings (SSSR count). The molecule has 43 heavy (non-hydrogen) atoms. The summed E-state index contributed by atoms with van der Waals surface area (Å²) >= 11 is 0. The van der Waals surface area contributed by atoms with Crippen molar-refractivity contribution in [1.82, 2.24) is 0 Å². The molecular formula is C36H46O5Si2. The highest BCUT2D eigenvalue weighted by Gasteiger charge is 2.35. The standard InChI is InChI=1S/C36H46O5Si2/c1-9-25-17-13-21-29(33(25)37-5)42(30-22-14-18-26(10-2)34(30)38-6)41-43(31-23-15-19-27(11-3)35(31)39-7)32-24-16-20-28(12-4)36(32)40-8/h13-24,42-43H,9-12H2,1-8H3. The van der Waals surface area contributed by atoms with Crippen molar-refractivity contribution in [2.75, 3.05) is 28.4 Å². The van der Waals surface area contributed by atoms with Crippen molar-refractivity contribution < 1.29 is 23.1 Å². The van der Waals surface area contributed by atoms with E-state index in [9.17, 15) is 0 Å². The molecule has 0 aromatic heterocycles. The van der Waals surface area contributed by atoms with E-state index in [0.717, 1.165) is 69.4 Å². The molecule has 0 unspecified atom stereocenters. The summed E-state index contributed by atoms with van der Waals surface area (Å²) in [6, 6.07) is 25.8. The van der Waals surface area contributed by atoms with Crippen molar-refractivity contribution in [2.24, 2.45) is 0 Å². The number of hydrogen-bond acceptors (Lipinski definition) is 5. The van der Waals surface area contributed by atoms with Gasteiger partial charge in [-0.25, -0.2) is 0 Å². The minimum Gasteiger partial charge on any atom is -0.497 e. The van der Waals surface area contributed by atoms with E-state index in [1.807, 2.05) is 0 Å². The second kappa shape index (κ2) is 15.3. The SMILES string of the molecule is CCc1cccc([SiH](O[SiH](c2cccc(CC)c2OC)c2cccc(CC)c2OC)c2cccc(CC)c2OC)c1OC. The highest BCUT2D eigenvalue weighted by Crippen LogP contribution is 2.25. The van der Waals surface area contributed by atoms with Crippen LogP contribution in [0, 0.1) is 0 Å². The zero-order valence-electron chi connectivity index (χ0n) is 27.0. The summed E-state index contributed by atoms with van der Waals surface area (Å²) in [6.07, 6.45) is 3.46. The maximum Gasteiger partial charge on any atom is 0.236 e. The van der Waals surface area contributed by atoms with Gasteiger partial charge in [0, 0.05) is 20.7 Å². The largest absolute Gasteiger partial charge is 0.497 e. The van der Waals surface area contributed by atoms with Gasteiger partial charge in [-0.3, -0.25) is 0 Å². The molecule has 0 bridgehead atoms. The summed E-state index contributed by atoms with van der Waals surface area (Å²) < 4.78 is 32.3. The van der Waals surface area contributed by atoms with Gasteiger partial charge in [0.15, 0.2) is 0 Å². The molecule has 0 fully saturated rings. The third-order valence-electron chi connectivity index (χ3n) is 8.25. The smallest absolute Gasteiger partial charge is 0.236 e. The van der Waals surface area contributed by atoms with Gasteiger partial charge in [-0.15, -0.1) is 0 Å². The second-order valence-electron chi connectivity index (χ2n) is 10.5. The average Bonchev–Trinajstić information content (AvgIpc) is 3.07. The van der Waals surface area contributed by atoms with Crippen LogP contribution in [0.3, 0.4) is 0 Å². The van der Waals surface area contributed by atoms with Gasteiger partial charge < -0.3 is 23.1 Å². The fourth-order valence-electron chi connectivity index (χ4n) is 6.12. The minimum absolute atomic E-state index is 0.865. The Labute approximate surface area is 261 Å². The molecule has 0 heterocycles. The molecule has 0 saturated heterocycles. The van der Waals surface area contributed by atoms with Gasteiger partial charge in [-0.1, -0.05) is 100 Å². The zero-order valence-corrected chi connectivity index (χ0v) is 29.3. The predicted octanol–water partition coefficient (Wildman–Crippen LogP) is 4.36. The van der Waals surface area contributed by atoms with Crippen molar-refractivity contribution >= 4 is 38.8 Å². The lowest BCUT2D eigenvalue weighted by atomic mass is 10.1. The summed E-state index contributed by atoms with van der Waals surface area (Å²) in [4.78, 5) is 0. The minimum atomic E-state index is -2.46. The molecule has 5 nitrogen and oxygen atoms in total. The van der Waals surface area contributed by atoms with E-state index in [0.29, 0.717) is 0 Å². The Morgan fingerprint density at radius 2 is 0.628 bits per heavy atom. The number of ether oxygens (including phenoxy) is 4. The van der Waals surface area contributed by atoms with E-state index in [1.165, 1.54) is 22.3 Å². The Kier molecular flexibility index (Phi) is 11.5. The Morgan fingerprint density at radius 3 is 0.814 bits per heavy atom. The first kappa shape index (κ1) is 32.4. The van der Waals surface area contributed by atoms with Crippen LogP contribution in [0.15, 0.2) is 72.8 Å². The Bertz CT molecular complexity index is 1300. The van der Waals surface area contributed by atoms with Crippen molar-refractivity contribution in [1.29, 1.82) is 0 Å². The molecule has 0 N–H and O–H groups in total. The van der Waals surface area contributed by atoms with Gasteiger partial charge in [0.1, 0.15) is 23.0 Å². The summed E-state index contributed by atoms with van der Waals surface area (Å²) in [5, 5.41) is 4.45. The molecule has 228 valence electrons. The number of hydrogen-bond donors (Lipinski definition) is 0. The molecule has 0 radical (unpaired) electrons. The van der Waals surface area contributed by atoms with E-state index >= 15 is 0 Å². The van der Waals surface area contributed by atoms with Crippen molar-refractivity contribution in [3.8, 4) is 23.0 Å². The molecule has 0 aliphatic heterocycles. The van der Waals surface area contributed by atoms with E-state index < -0.39 is 18.1 Å². The molecule has 4 aromatic carbocycles. The van der Waals surface area contributed by atoms with Crippen LogP contribution in [-0.2, 0) is 29.8 Å². The lowest BCUT2D eigenvalue weighted by Gasteiger charge is -2.30. The van der Waals surface area contributed by atoms with Gasteiger partial charge in [0.05, 0.1) is 28.4 Å². The van der Waals surface area contributed by atoms with Crippen molar-refractivity contribution in [3.63, 3.8) is 0 Å². The zero-order chi connectivity index (χ0) is 30.9. The fraction of sp³-hybridized carbons (Fsp3) is 0.333. The monoisotopic (exact) mass is 614 g/mol. The lowest BCUT2D eigenvalue weighted by molar-refractivity contribution is 0.409. The van der Waals surface area contributed by atoms with Crippen LogP contribution in [0.5, 0.6) is 23.0 Å². The normalized spacial score (nSPS) is 11.2. The number of rotatable bonds is 14. The quantitative estimate of drug-likeness (QED) is 0.198. The molecule has 0 spiro atoms. The first-order valence-electron chi connectivity index (χ1n) is 15.3. The van der Waals surface area contributed by atoms with Crippen LogP contribution < -0.4 is 39.7 Å². The van der Waals surface area contributed by atoms with E-state index in [1.54, 1.807) is 28.4 Å². The lowest BCUT2D eigenvalue weighted by Crippen LogP contribution is -2.57. The average molecular weight is 615 g/mol. The van der Waals surface area contributed by atoms with Crippen LogP contribution in [-0.4, -0.2) is 46.5 Å². The topological polar surface area (TPSA) is 46.2 Å². The maximum atomic E-state index is 7.72. The number of methoxy groups -OCH3 is 4. The van der Waals surface area contributed by atoms with Crippen LogP contribution >= 0.6 is 0 Å². The van der Waals surface area contributed by atoms with Gasteiger partial charge in [-0.2, -0.15) is 0 Å². The van der Waals surface area contributed by atoms with Crippen molar-refractivity contribution in [3.05, 3.63) is 95.1 Å². The Morgan fingerprint density at radius 1 is 0.395 bits per heavy atom. The summed E-state index contributed by atoms with van der Waals surface area (Å²) in [7, 11) is 2.14. The molecule has 0 amide bonds. The third kappa shape index (κ3) is 6.54. The summed E-state index contributed by atoms with van der Waals surface area (Å²) in [5.41, 5.74) is 4.67. The van der Waals surface area contributed by atoms with E-state index in [4.69, 9.17) is 23.1 Å². The van der Waals surface area contributed by atoms with Gasteiger partial charge in [0.25, 0.3) is 0 Å². The van der Waals surface area contributed by atoms with Crippen LogP contribution in [0.25, 0.3) is 0 Å². The molecule has 0 atom stereocenters. The van der Waals surface area contributed by atoms with Crippen molar-refractivity contribution in [2.45, 2.75) is 53.4 Å². The van der Waals surface area contributed by atoms with E-state index in [2.05, 4.69) is 100 Å². The fourth-order valence-corrected chi connectivity index (χ4v) is 13.5. The number of para-hydroxylation sites is 4. The van der Waals surface area contributed by atoms with E-state index in [-0.39, 0.29) is 0 Å². The van der Waals surface area contributed by atoms with Gasteiger partial charge >= 0.3 is 0 Å². The maximum absolute atomic E-state index is 7.72. The second-order valence-corrected chi connectivity index (χ2v) is 15.6. The van der Waals surface area contributed by atoms with Gasteiger partial charge in [-0.05, 0) is 47.9 Å². The first-order chi connectivity index (χ1) is 21.0. The predicted molar refractivity (Wildman–Crippen MR) is 183 cm³/mol. The molecule has 7 heteroatoms. The number of benzene rings is 4. The summed E-state index contributed by atoms with van der Waals surface area (Å²) in [5.74, 6) is 3.62. The van der Waals surface area contributed by atoms with Crippen LogP contribution in [0.2, 0.25) is 0 Å². The Balaban J connectivity index is 2.08. The third-order valence-corrected chi connectivity index (χ3v) is 14.5. The molecule has 0 aliphatic carbocycles. The van der Waals surface area contributed by atoms with Crippen LogP contribution in [0.4, 0.5) is 0 Å². The molecule has 0 aliphatic rings. The van der Waals surface area contributed by atoms with Crippen LogP contribution in [0.1, 0.15) is 49.9 Å². The molecular weight excluding hydrogens is 569 g/mol. The van der Waals surface area contributed by atoms with Gasteiger partial charge in [0.2, 0.25) is 18.1 Å². The highest BCUT2D eigenvalue weighted by atomic mass is 28.4. The highest BCUT2D eigenvalue weighted by molar-refractivity contribution is 6.93. The first-order valence-corrected chi connectivity index (χ1v) is 18.5.